The van der Waals surface area contributed by atoms with Crippen LogP contribution in [-0.2, 0) is 18.4 Å². The van der Waals surface area contributed by atoms with Gasteiger partial charge in [0.1, 0.15) is 0 Å². The zero-order valence-electron chi connectivity index (χ0n) is 14.3. The van der Waals surface area contributed by atoms with Gasteiger partial charge in [-0.05, 0) is 51.1 Å². The summed E-state index contributed by atoms with van der Waals surface area (Å²) in [5, 5.41) is 4.76. The number of hydrogen-bond donors (Lipinski definition) is 1. The molecule has 2 N–H and O–H groups in total. The van der Waals surface area contributed by atoms with Gasteiger partial charge in [0.15, 0.2) is 0 Å². The van der Waals surface area contributed by atoms with Crippen molar-refractivity contribution in [3.05, 3.63) is 17.5 Å². The molecule has 1 saturated carbocycles. The number of primary amides is 1. The lowest BCUT2D eigenvalue weighted by Crippen LogP contribution is -2.33. The Morgan fingerprint density at radius 2 is 1.96 bits per heavy atom. The smallest absolute Gasteiger partial charge is 0.217 e. The summed E-state index contributed by atoms with van der Waals surface area (Å²) in [6.07, 6.45) is 11.4. The minimum atomic E-state index is -0.163. The van der Waals surface area contributed by atoms with Crippen molar-refractivity contribution in [1.82, 2.24) is 14.7 Å². The molecule has 1 saturated heterocycles. The van der Waals surface area contributed by atoms with Crippen molar-refractivity contribution in [3.63, 3.8) is 0 Å². The molecule has 23 heavy (non-hydrogen) atoms. The number of rotatable bonds is 6. The van der Waals surface area contributed by atoms with Crippen molar-refractivity contribution in [2.45, 2.75) is 63.8 Å². The van der Waals surface area contributed by atoms with Gasteiger partial charge >= 0.3 is 0 Å². The molecule has 2 fully saturated rings. The van der Waals surface area contributed by atoms with Gasteiger partial charge in [-0.15, -0.1) is 0 Å². The molecular formula is C18H30N4O. The number of aryl methyl sites for hydroxylation is 1. The van der Waals surface area contributed by atoms with Gasteiger partial charge in [-0.2, -0.15) is 5.10 Å². The van der Waals surface area contributed by atoms with Gasteiger partial charge in [0.2, 0.25) is 5.91 Å². The van der Waals surface area contributed by atoms with Gasteiger partial charge in [-0.25, -0.2) is 0 Å². The van der Waals surface area contributed by atoms with Gasteiger partial charge < -0.3 is 5.73 Å². The number of aromatic nitrogens is 2. The van der Waals surface area contributed by atoms with Crippen LogP contribution in [-0.4, -0.2) is 33.7 Å². The van der Waals surface area contributed by atoms with Crippen LogP contribution < -0.4 is 5.73 Å². The second-order valence-corrected chi connectivity index (χ2v) is 7.42. The maximum Gasteiger partial charge on any atom is 0.217 e. The highest BCUT2D eigenvalue weighted by Crippen LogP contribution is 2.35. The average Bonchev–Trinajstić information content (AvgIpc) is 3.16. The van der Waals surface area contributed by atoms with Crippen molar-refractivity contribution >= 4 is 5.91 Å². The third kappa shape index (κ3) is 4.34. The van der Waals surface area contributed by atoms with E-state index in [1.807, 2.05) is 11.7 Å². The second kappa shape index (κ2) is 7.47. The van der Waals surface area contributed by atoms with E-state index in [9.17, 15) is 4.79 Å². The summed E-state index contributed by atoms with van der Waals surface area (Å²) < 4.78 is 1.99. The molecule has 0 bridgehead atoms. The van der Waals surface area contributed by atoms with Gasteiger partial charge in [0, 0.05) is 37.7 Å². The molecule has 5 heteroatoms. The third-order valence-corrected chi connectivity index (χ3v) is 5.58. The van der Waals surface area contributed by atoms with E-state index >= 15 is 0 Å². The van der Waals surface area contributed by atoms with Gasteiger partial charge in [-0.3, -0.25) is 14.4 Å². The maximum atomic E-state index is 10.9. The lowest BCUT2D eigenvalue weighted by Gasteiger charge is -2.32. The summed E-state index contributed by atoms with van der Waals surface area (Å²) in [7, 11) is 2.04. The first-order valence-corrected chi connectivity index (χ1v) is 9.15. The number of carbonyl (C=O) groups is 1. The largest absolute Gasteiger partial charge is 0.370 e. The van der Waals surface area contributed by atoms with Crippen LogP contribution in [0.2, 0.25) is 0 Å². The normalized spacial score (nSPS) is 21.1. The minimum Gasteiger partial charge on any atom is -0.370 e. The lowest BCUT2D eigenvalue weighted by molar-refractivity contribution is -0.118. The average molecular weight is 318 g/mol. The molecule has 0 spiro atoms. The Morgan fingerprint density at radius 3 is 2.61 bits per heavy atom. The van der Waals surface area contributed by atoms with Crippen LogP contribution in [0, 0.1) is 5.92 Å². The molecule has 0 aromatic carbocycles. The molecule has 1 aliphatic heterocycles. The van der Waals surface area contributed by atoms with Crippen LogP contribution in [0.3, 0.4) is 0 Å². The van der Waals surface area contributed by atoms with Gasteiger partial charge in [0.25, 0.3) is 0 Å². The number of piperidine rings is 1. The minimum absolute atomic E-state index is 0.163. The third-order valence-electron chi connectivity index (χ3n) is 5.58. The van der Waals surface area contributed by atoms with E-state index in [1.54, 1.807) is 0 Å². The van der Waals surface area contributed by atoms with E-state index in [4.69, 9.17) is 10.8 Å². The summed E-state index contributed by atoms with van der Waals surface area (Å²) in [5.41, 5.74) is 8.03. The highest BCUT2D eigenvalue weighted by atomic mass is 16.1. The highest BCUT2D eigenvalue weighted by molar-refractivity contribution is 5.73. The summed E-state index contributed by atoms with van der Waals surface area (Å²) in [6, 6.07) is 0. The molecule has 2 heterocycles. The fourth-order valence-electron chi connectivity index (χ4n) is 4.24. The molecule has 0 radical (unpaired) electrons. The Hall–Kier alpha value is -1.36. The predicted octanol–water partition coefficient (Wildman–Crippen LogP) is 2.56. The van der Waals surface area contributed by atoms with Crippen molar-refractivity contribution < 1.29 is 4.79 Å². The number of carbonyl (C=O) groups excluding carboxylic acids is 1. The first kappa shape index (κ1) is 16.5. The van der Waals surface area contributed by atoms with Crippen molar-refractivity contribution in [1.29, 1.82) is 0 Å². The SMILES string of the molecule is Cn1cc(CN2CCC(CCC(N)=O)CC2)c(C2CCCC2)n1. The zero-order valence-corrected chi connectivity index (χ0v) is 14.3. The summed E-state index contributed by atoms with van der Waals surface area (Å²) in [6.45, 7) is 3.28. The standard InChI is InChI=1S/C18H30N4O/c1-21-12-16(18(20-21)15-4-2-3-5-15)13-22-10-8-14(9-11-22)6-7-17(19)23/h12,14-15H,2-11,13H2,1H3,(H2,19,23). The zero-order chi connectivity index (χ0) is 16.2. The molecule has 0 atom stereocenters. The quantitative estimate of drug-likeness (QED) is 0.876. The van der Waals surface area contributed by atoms with Crippen LogP contribution in [0.4, 0.5) is 0 Å². The summed E-state index contributed by atoms with van der Waals surface area (Å²) in [5.74, 6) is 1.19. The summed E-state index contributed by atoms with van der Waals surface area (Å²) >= 11 is 0. The molecule has 128 valence electrons. The molecule has 1 aliphatic carbocycles. The van der Waals surface area contributed by atoms with E-state index in [2.05, 4.69) is 11.1 Å². The van der Waals surface area contributed by atoms with Gasteiger partial charge in [0.05, 0.1) is 5.69 Å². The fraction of sp³-hybridized carbons (Fsp3) is 0.778. The molecule has 1 amide bonds. The Kier molecular flexibility index (Phi) is 5.36. The Balaban J connectivity index is 1.53. The first-order valence-electron chi connectivity index (χ1n) is 9.15. The molecule has 2 aliphatic rings. The van der Waals surface area contributed by atoms with Crippen LogP contribution in [0.5, 0.6) is 0 Å². The Bertz CT molecular complexity index is 525. The number of likely N-dealkylation sites (tertiary alicyclic amines) is 1. The van der Waals surface area contributed by atoms with E-state index in [0.29, 0.717) is 18.3 Å². The van der Waals surface area contributed by atoms with E-state index < -0.39 is 0 Å². The lowest BCUT2D eigenvalue weighted by atomic mass is 9.91. The van der Waals surface area contributed by atoms with E-state index in [1.165, 1.54) is 49.8 Å². The van der Waals surface area contributed by atoms with E-state index in [0.717, 1.165) is 26.1 Å². The van der Waals surface area contributed by atoms with Crippen LogP contribution in [0.25, 0.3) is 0 Å². The maximum absolute atomic E-state index is 10.9. The molecule has 1 aromatic heterocycles. The van der Waals surface area contributed by atoms with Crippen LogP contribution >= 0.6 is 0 Å². The summed E-state index contributed by atoms with van der Waals surface area (Å²) in [4.78, 5) is 13.5. The first-order chi connectivity index (χ1) is 11.1. The van der Waals surface area contributed by atoms with Crippen molar-refractivity contribution in [2.75, 3.05) is 13.1 Å². The van der Waals surface area contributed by atoms with E-state index in [-0.39, 0.29) is 5.91 Å². The predicted molar refractivity (Wildman–Crippen MR) is 90.8 cm³/mol. The number of nitrogens with two attached hydrogens (primary N) is 1. The fourth-order valence-corrected chi connectivity index (χ4v) is 4.24. The molecule has 1 aromatic rings. The Labute approximate surface area is 139 Å². The second-order valence-electron chi connectivity index (χ2n) is 7.42. The van der Waals surface area contributed by atoms with Crippen LogP contribution in [0.1, 0.15) is 68.5 Å². The van der Waals surface area contributed by atoms with Crippen LogP contribution in [0.15, 0.2) is 6.20 Å². The number of amides is 1. The monoisotopic (exact) mass is 318 g/mol. The highest BCUT2D eigenvalue weighted by Gasteiger charge is 2.25. The molecule has 5 nitrogen and oxygen atoms in total. The van der Waals surface area contributed by atoms with Crippen molar-refractivity contribution in [3.8, 4) is 0 Å². The molecular weight excluding hydrogens is 288 g/mol. The van der Waals surface area contributed by atoms with Gasteiger partial charge in [-0.1, -0.05) is 12.8 Å². The van der Waals surface area contributed by atoms with Crippen molar-refractivity contribution in [2.24, 2.45) is 18.7 Å². The number of nitrogens with zero attached hydrogens (tertiary/aromatic N) is 3. The number of hydrogen-bond acceptors (Lipinski definition) is 3. The molecule has 3 rings (SSSR count). The Morgan fingerprint density at radius 1 is 1.26 bits per heavy atom. The topological polar surface area (TPSA) is 64.2 Å². The molecule has 0 unspecified atom stereocenters.